The van der Waals surface area contributed by atoms with Crippen molar-refractivity contribution in [3.8, 4) is 0 Å². The molecule has 3 heterocycles. The first kappa shape index (κ1) is 19.4. The van der Waals surface area contributed by atoms with Gasteiger partial charge in [0.1, 0.15) is 5.76 Å². The van der Waals surface area contributed by atoms with Crippen LogP contribution >= 0.6 is 10.8 Å². The number of rotatable bonds is 6. The summed E-state index contributed by atoms with van der Waals surface area (Å²) in [7, 11) is -2.94. The van der Waals surface area contributed by atoms with Crippen LogP contribution in [0.3, 0.4) is 0 Å². The quantitative estimate of drug-likeness (QED) is 0.674. The lowest BCUT2D eigenvalue weighted by Crippen LogP contribution is -2.49. The van der Waals surface area contributed by atoms with Gasteiger partial charge >= 0.3 is 0 Å². The molecular weight excluding hydrogens is 380 g/mol. The Bertz CT molecular complexity index is 824. The van der Waals surface area contributed by atoms with Gasteiger partial charge in [0.05, 0.1) is 5.75 Å². The molecule has 8 nitrogen and oxygen atoms in total. The number of carbonyl (C=O) groups is 1. The number of amides is 1. The second-order valence-electron chi connectivity index (χ2n) is 7.71. The monoisotopic (exact) mass is 406 g/mol. The number of nitrogens with zero attached hydrogens (tertiary/aromatic N) is 3. The molecule has 28 heavy (non-hydrogen) atoms. The maximum atomic E-state index is 12.4. The fraction of sp³-hybridized carbons (Fsp3) is 0.526. The van der Waals surface area contributed by atoms with Crippen LogP contribution < -0.4 is 5.32 Å². The molecule has 1 saturated carbocycles. The summed E-state index contributed by atoms with van der Waals surface area (Å²) < 4.78 is 28.4. The minimum absolute atomic E-state index is 0.0339. The number of piperidine rings is 1. The van der Waals surface area contributed by atoms with Gasteiger partial charge in [-0.05, 0) is 44.2 Å². The average molecular weight is 407 g/mol. The molecule has 9 heteroatoms. The summed E-state index contributed by atoms with van der Waals surface area (Å²) >= 11 is 0. The second-order valence-corrected chi connectivity index (χ2v) is 9.73. The van der Waals surface area contributed by atoms with Gasteiger partial charge in [-0.25, -0.2) is 4.31 Å². The molecule has 1 saturated heterocycles. The molecule has 0 aromatic carbocycles. The van der Waals surface area contributed by atoms with Crippen LogP contribution in [0.15, 0.2) is 35.1 Å². The van der Waals surface area contributed by atoms with Gasteiger partial charge in [-0.15, -0.1) is 10.8 Å². The maximum Gasteiger partial charge on any atom is 0.273 e. The van der Waals surface area contributed by atoms with Crippen LogP contribution in [-0.4, -0.2) is 48.1 Å². The summed E-state index contributed by atoms with van der Waals surface area (Å²) in [5.74, 6) is 1.13. The predicted molar refractivity (Wildman–Crippen MR) is 106 cm³/mol. The lowest BCUT2D eigenvalue weighted by molar-refractivity contribution is 0.0903. The Kier molecular flexibility index (Phi) is 5.42. The van der Waals surface area contributed by atoms with Gasteiger partial charge in [0, 0.05) is 43.0 Å². The van der Waals surface area contributed by atoms with Gasteiger partial charge in [0.15, 0.2) is 5.69 Å². The first-order valence-corrected chi connectivity index (χ1v) is 11.3. The van der Waals surface area contributed by atoms with Crippen LogP contribution in [0.1, 0.15) is 60.3 Å². The van der Waals surface area contributed by atoms with Crippen LogP contribution in [0.2, 0.25) is 0 Å². The summed E-state index contributed by atoms with van der Waals surface area (Å²) in [6.45, 7) is 2.46. The smallest absolute Gasteiger partial charge is 0.273 e. The van der Waals surface area contributed by atoms with Gasteiger partial charge in [0.25, 0.3) is 5.91 Å². The number of aromatic nitrogens is 2. The highest BCUT2D eigenvalue weighted by Gasteiger charge is 2.35. The lowest BCUT2D eigenvalue weighted by Gasteiger charge is -2.49. The van der Waals surface area contributed by atoms with Gasteiger partial charge in [-0.3, -0.25) is 18.9 Å². The Labute approximate surface area is 165 Å². The standard InChI is InChI=1S/C19H26N4O4S/c1-13-9-16(21-19(24)17-10-18(27-22-17)15-4-5-15)6-8-23(13)28(25,26)12-14-3-2-7-20-11-14/h2-3,7,10-11,13,15-16,25-26H,4-6,8-9,12H2,1H3,(H,21,24)/t13-,16-/m0/s1. The van der Waals surface area contributed by atoms with E-state index in [9.17, 15) is 13.9 Å². The fourth-order valence-corrected chi connectivity index (χ4v) is 5.57. The van der Waals surface area contributed by atoms with Crippen molar-refractivity contribution < 1.29 is 18.4 Å². The Morgan fingerprint density at radius 3 is 2.89 bits per heavy atom. The summed E-state index contributed by atoms with van der Waals surface area (Å²) in [6.07, 6.45) is 6.79. The van der Waals surface area contributed by atoms with Crippen molar-refractivity contribution in [1.29, 1.82) is 0 Å². The molecule has 1 aliphatic heterocycles. The molecule has 0 bridgehead atoms. The van der Waals surface area contributed by atoms with Crippen LogP contribution in [-0.2, 0) is 5.75 Å². The molecule has 2 fully saturated rings. The molecule has 1 amide bonds. The number of pyridine rings is 1. The SMILES string of the molecule is C[C@H]1C[C@@H](NC(=O)c2cc(C3CC3)on2)CCN1S(O)(O)Cc1cccnc1. The van der Waals surface area contributed by atoms with E-state index in [0.717, 1.165) is 24.2 Å². The van der Waals surface area contributed by atoms with E-state index in [-0.39, 0.29) is 23.7 Å². The largest absolute Gasteiger partial charge is 0.360 e. The third kappa shape index (κ3) is 4.38. The van der Waals surface area contributed by atoms with Gasteiger partial charge in [0.2, 0.25) is 0 Å². The molecule has 152 valence electrons. The Hall–Kier alpha value is -1.94. The van der Waals surface area contributed by atoms with Crippen molar-refractivity contribution in [1.82, 2.24) is 19.8 Å². The summed E-state index contributed by atoms with van der Waals surface area (Å²) in [5.41, 5.74) is 1.11. The van der Waals surface area contributed by atoms with Gasteiger partial charge in [-0.1, -0.05) is 11.2 Å². The third-order valence-electron chi connectivity index (χ3n) is 5.35. The molecule has 0 radical (unpaired) electrons. The van der Waals surface area contributed by atoms with Crippen molar-refractivity contribution >= 4 is 16.7 Å². The molecule has 1 aliphatic carbocycles. The lowest BCUT2D eigenvalue weighted by atomic mass is 10.0. The predicted octanol–water partition coefficient (Wildman–Crippen LogP) is 3.40. The van der Waals surface area contributed by atoms with Crippen molar-refractivity contribution in [3.05, 3.63) is 47.6 Å². The zero-order valence-electron chi connectivity index (χ0n) is 15.8. The zero-order valence-corrected chi connectivity index (χ0v) is 16.6. The van der Waals surface area contributed by atoms with Crippen LogP contribution in [0.25, 0.3) is 0 Å². The van der Waals surface area contributed by atoms with E-state index in [1.54, 1.807) is 28.8 Å². The number of hydrogen-bond donors (Lipinski definition) is 3. The van der Waals surface area contributed by atoms with Crippen molar-refractivity contribution in [2.75, 3.05) is 6.54 Å². The highest BCUT2D eigenvalue weighted by Crippen LogP contribution is 2.49. The Morgan fingerprint density at radius 2 is 2.21 bits per heavy atom. The Balaban J connectivity index is 1.33. The van der Waals surface area contributed by atoms with Crippen LogP contribution in [0.5, 0.6) is 0 Å². The van der Waals surface area contributed by atoms with E-state index in [1.165, 1.54) is 0 Å². The first-order chi connectivity index (χ1) is 13.4. The van der Waals surface area contributed by atoms with E-state index in [4.69, 9.17) is 4.52 Å². The molecule has 2 aromatic rings. The molecule has 2 aliphatic rings. The van der Waals surface area contributed by atoms with E-state index in [1.807, 2.05) is 13.0 Å². The van der Waals surface area contributed by atoms with E-state index in [0.29, 0.717) is 31.0 Å². The molecule has 4 rings (SSSR count). The molecular formula is C19H26N4O4S. The summed E-state index contributed by atoms with van der Waals surface area (Å²) in [4.78, 5) is 16.5. The summed E-state index contributed by atoms with van der Waals surface area (Å²) in [5, 5.41) is 6.89. The van der Waals surface area contributed by atoms with Crippen LogP contribution in [0.4, 0.5) is 0 Å². The Morgan fingerprint density at radius 1 is 1.39 bits per heavy atom. The molecule has 3 N–H and O–H groups in total. The molecule has 2 atom stereocenters. The molecule has 2 aromatic heterocycles. The van der Waals surface area contributed by atoms with Crippen LogP contribution in [0, 0.1) is 0 Å². The maximum absolute atomic E-state index is 12.4. The third-order valence-corrected chi connectivity index (χ3v) is 7.36. The minimum atomic E-state index is -2.94. The average Bonchev–Trinajstić information content (AvgIpc) is 3.38. The number of hydrogen-bond acceptors (Lipinski definition) is 7. The normalized spacial score (nSPS) is 24.1. The highest BCUT2D eigenvalue weighted by molar-refractivity contribution is 8.21. The van der Waals surface area contributed by atoms with Crippen molar-refractivity contribution in [3.63, 3.8) is 0 Å². The summed E-state index contributed by atoms with van der Waals surface area (Å²) in [6, 6.07) is 5.26. The highest BCUT2D eigenvalue weighted by atomic mass is 32.3. The fourth-order valence-electron chi connectivity index (χ4n) is 3.72. The topological polar surface area (TPSA) is 112 Å². The van der Waals surface area contributed by atoms with E-state index >= 15 is 0 Å². The molecule has 0 unspecified atom stereocenters. The van der Waals surface area contributed by atoms with Gasteiger partial charge < -0.3 is 9.84 Å². The zero-order chi connectivity index (χ0) is 19.7. The minimum Gasteiger partial charge on any atom is -0.360 e. The van der Waals surface area contributed by atoms with E-state index in [2.05, 4.69) is 15.5 Å². The first-order valence-electron chi connectivity index (χ1n) is 9.61. The van der Waals surface area contributed by atoms with Crippen molar-refractivity contribution in [2.24, 2.45) is 0 Å². The molecule has 0 spiro atoms. The van der Waals surface area contributed by atoms with E-state index < -0.39 is 10.8 Å². The van der Waals surface area contributed by atoms with Crippen molar-refractivity contribution in [2.45, 2.75) is 56.4 Å². The van der Waals surface area contributed by atoms with Gasteiger partial charge in [-0.2, -0.15) is 0 Å². The number of carbonyl (C=O) groups excluding carboxylic acids is 1. The second kappa shape index (κ2) is 7.82. The number of nitrogens with one attached hydrogen (secondary N) is 1.